The fourth-order valence-electron chi connectivity index (χ4n) is 2.78. The third-order valence-electron chi connectivity index (χ3n) is 4.34. The van der Waals surface area contributed by atoms with Crippen molar-refractivity contribution in [1.29, 1.82) is 0 Å². The first-order valence-electron chi connectivity index (χ1n) is 7.55. The first kappa shape index (κ1) is 11.7. The third-order valence-corrected chi connectivity index (χ3v) is 4.34. The van der Waals surface area contributed by atoms with E-state index in [1.165, 1.54) is 25.7 Å². The lowest BCUT2D eigenvalue weighted by Crippen LogP contribution is -2.47. The van der Waals surface area contributed by atoms with E-state index < -0.39 is 0 Å². The summed E-state index contributed by atoms with van der Waals surface area (Å²) < 4.78 is 5.62. The van der Waals surface area contributed by atoms with Crippen molar-refractivity contribution in [3.05, 3.63) is 12.0 Å². The van der Waals surface area contributed by atoms with Crippen LogP contribution in [0, 0.1) is 0 Å². The molecule has 3 aliphatic rings. The van der Waals surface area contributed by atoms with Gasteiger partial charge in [0.25, 0.3) is 6.01 Å². The molecule has 0 unspecified atom stereocenters. The number of nitrogens with zero attached hydrogens (tertiary/aromatic N) is 3. The number of hydrogen-bond donors (Lipinski definition) is 1. The fraction of sp³-hybridized carbons (Fsp3) is 0.786. The summed E-state index contributed by atoms with van der Waals surface area (Å²) in [4.78, 5) is 9.48. The molecule has 2 heterocycles. The van der Waals surface area contributed by atoms with Gasteiger partial charge in [-0.1, -0.05) is 0 Å². The van der Waals surface area contributed by atoms with E-state index >= 15 is 0 Å². The SMILES string of the molecule is c1oc(N2CCN(C3CC3)CC2)nc1CNC1CC1. The molecule has 5 heteroatoms. The van der Waals surface area contributed by atoms with E-state index in [9.17, 15) is 0 Å². The van der Waals surface area contributed by atoms with Crippen molar-refractivity contribution in [2.24, 2.45) is 0 Å². The monoisotopic (exact) mass is 262 g/mol. The highest BCUT2D eigenvalue weighted by molar-refractivity contribution is 5.28. The van der Waals surface area contributed by atoms with E-state index in [1.807, 2.05) is 0 Å². The molecule has 0 aromatic carbocycles. The Bertz CT molecular complexity index is 430. The maximum atomic E-state index is 5.62. The summed E-state index contributed by atoms with van der Waals surface area (Å²) in [6, 6.07) is 2.41. The van der Waals surface area contributed by atoms with Crippen LogP contribution in [0.25, 0.3) is 0 Å². The number of hydrogen-bond acceptors (Lipinski definition) is 5. The number of rotatable bonds is 5. The van der Waals surface area contributed by atoms with Gasteiger partial charge in [-0.3, -0.25) is 4.90 Å². The normalized spacial score (nSPS) is 24.9. The minimum absolute atomic E-state index is 0.724. The Kier molecular flexibility index (Phi) is 2.96. The molecule has 0 radical (unpaired) electrons. The molecule has 4 rings (SSSR count). The van der Waals surface area contributed by atoms with Crippen LogP contribution in [0.4, 0.5) is 6.01 Å². The standard InChI is InChI=1S/C14H22N4O/c1-2-11(1)15-9-12-10-19-14(16-12)18-7-5-17(6-8-18)13-3-4-13/h10-11,13,15H,1-9H2. The van der Waals surface area contributed by atoms with Gasteiger partial charge in [0.05, 0.1) is 5.69 Å². The molecule has 1 aliphatic heterocycles. The first-order chi connectivity index (χ1) is 9.38. The molecule has 0 spiro atoms. The van der Waals surface area contributed by atoms with E-state index in [0.717, 1.165) is 56.5 Å². The van der Waals surface area contributed by atoms with Crippen LogP contribution in [0.5, 0.6) is 0 Å². The van der Waals surface area contributed by atoms with Crippen molar-refractivity contribution in [3.63, 3.8) is 0 Å². The van der Waals surface area contributed by atoms with Gasteiger partial charge in [-0.15, -0.1) is 0 Å². The van der Waals surface area contributed by atoms with Crippen molar-refractivity contribution in [2.45, 2.75) is 44.3 Å². The molecule has 2 saturated carbocycles. The second kappa shape index (κ2) is 4.80. The largest absolute Gasteiger partial charge is 0.432 e. The van der Waals surface area contributed by atoms with Crippen molar-refractivity contribution in [3.8, 4) is 0 Å². The smallest absolute Gasteiger partial charge is 0.297 e. The molecule has 19 heavy (non-hydrogen) atoms. The summed E-state index contributed by atoms with van der Waals surface area (Å²) in [5, 5.41) is 3.47. The molecule has 0 atom stereocenters. The minimum atomic E-state index is 0.724. The Labute approximate surface area is 114 Å². The van der Waals surface area contributed by atoms with Crippen LogP contribution in [-0.4, -0.2) is 48.1 Å². The summed E-state index contributed by atoms with van der Waals surface area (Å²) in [7, 11) is 0. The first-order valence-corrected chi connectivity index (χ1v) is 7.55. The Morgan fingerprint density at radius 1 is 1.16 bits per heavy atom. The van der Waals surface area contributed by atoms with Gasteiger partial charge in [0.1, 0.15) is 6.26 Å². The summed E-state index contributed by atoms with van der Waals surface area (Å²) in [6.07, 6.45) is 7.23. The van der Waals surface area contributed by atoms with Crippen LogP contribution in [-0.2, 0) is 6.54 Å². The zero-order valence-corrected chi connectivity index (χ0v) is 11.3. The maximum absolute atomic E-state index is 5.62. The summed E-state index contributed by atoms with van der Waals surface area (Å²) >= 11 is 0. The molecule has 1 aromatic heterocycles. The molecular formula is C14H22N4O. The molecule has 104 valence electrons. The van der Waals surface area contributed by atoms with Crippen molar-refractivity contribution in [1.82, 2.24) is 15.2 Å². The highest BCUT2D eigenvalue weighted by Crippen LogP contribution is 2.28. The molecule has 5 nitrogen and oxygen atoms in total. The van der Waals surface area contributed by atoms with Crippen LogP contribution in [0.3, 0.4) is 0 Å². The van der Waals surface area contributed by atoms with E-state index in [-0.39, 0.29) is 0 Å². The average Bonchev–Trinajstić information content (AvgIpc) is 3.36. The molecular weight excluding hydrogens is 240 g/mol. The molecule has 1 aromatic rings. The zero-order chi connectivity index (χ0) is 12.7. The predicted molar refractivity (Wildman–Crippen MR) is 73.2 cm³/mol. The number of anilines is 1. The number of oxazole rings is 1. The number of nitrogens with one attached hydrogen (secondary N) is 1. The molecule has 1 saturated heterocycles. The molecule has 0 bridgehead atoms. The molecule has 0 amide bonds. The van der Waals surface area contributed by atoms with Crippen LogP contribution in [0.1, 0.15) is 31.4 Å². The second-order valence-electron chi connectivity index (χ2n) is 6.03. The van der Waals surface area contributed by atoms with Gasteiger partial charge < -0.3 is 14.6 Å². The lowest BCUT2D eigenvalue weighted by atomic mass is 10.3. The maximum Gasteiger partial charge on any atom is 0.297 e. The van der Waals surface area contributed by atoms with Crippen molar-refractivity contribution < 1.29 is 4.42 Å². The highest BCUT2D eigenvalue weighted by Gasteiger charge is 2.32. The van der Waals surface area contributed by atoms with Crippen LogP contribution in [0.15, 0.2) is 10.7 Å². The van der Waals surface area contributed by atoms with Crippen LogP contribution >= 0.6 is 0 Å². The molecule has 1 N–H and O–H groups in total. The van der Waals surface area contributed by atoms with Crippen molar-refractivity contribution in [2.75, 3.05) is 31.1 Å². The van der Waals surface area contributed by atoms with Gasteiger partial charge in [-0.2, -0.15) is 4.98 Å². The molecule has 2 aliphatic carbocycles. The number of aromatic nitrogens is 1. The highest BCUT2D eigenvalue weighted by atomic mass is 16.4. The zero-order valence-electron chi connectivity index (χ0n) is 11.3. The van der Waals surface area contributed by atoms with E-state index in [2.05, 4.69) is 20.1 Å². The quantitative estimate of drug-likeness (QED) is 0.864. The molecule has 3 fully saturated rings. The summed E-state index contributed by atoms with van der Waals surface area (Å²) in [5.74, 6) is 0. The number of piperazine rings is 1. The van der Waals surface area contributed by atoms with E-state index in [4.69, 9.17) is 4.42 Å². The van der Waals surface area contributed by atoms with Gasteiger partial charge in [0.15, 0.2) is 0 Å². The second-order valence-corrected chi connectivity index (χ2v) is 6.03. The van der Waals surface area contributed by atoms with Gasteiger partial charge in [0, 0.05) is 44.8 Å². The van der Waals surface area contributed by atoms with Gasteiger partial charge in [0.2, 0.25) is 0 Å². The Balaban J connectivity index is 1.31. The fourth-order valence-corrected chi connectivity index (χ4v) is 2.78. The topological polar surface area (TPSA) is 44.5 Å². The Morgan fingerprint density at radius 3 is 2.63 bits per heavy atom. The van der Waals surface area contributed by atoms with Gasteiger partial charge in [-0.05, 0) is 25.7 Å². The lowest BCUT2D eigenvalue weighted by molar-refractivity contribution is 0.243. The third kappa shape index (κ3) is 2.77. The van der Waals surface area contributed by atoms with Gasteiger partial charge >= 0.3 is 0 Å². The van der Waals surface area contributed by atoms with E-state index in [0.29, 0.717) is 0 Å². The van der Waals surface area contributed by atoms with Crippen molar-refractivity contribution >= 4 is 6.01 Å². The lowest BCUT2D eigenvalue weighted by Gasteiger charge is -2.33. The predicted octanol–water partition coefficient (Wildman–Crippen LogP) is 1.21. The van der Waals surface area contributed by atoms with Crippen LogP contribution < -0.4 is 10.2 Å². The summed E-state index contributed by atoms with van der Waals surface area (Å²) in [5.41, 5.74) is 1.03. The van der Waals surface area contributed by atoms with Crippen LogP contribution in [0.2, 0.25) is 0 Å². The van der Waals surface area contributed by atoms with Gasteiger partial charge in [-0.25, -0.2) is 0 Å². The van der Waals surface area contributed by atoms with E-state index in [1.54, 1.807) is 6.26 Å². The Morgan fingerprint density at radius 2 is 1.95 bits per heavy atom. The average molecular weight is 262 g/mol. The summed E-state index contributed by atoms with van der Waals surface area (Å²) in [6.45, 7) is 5.25. The Hall–Kier alpha value is -1.07. The minimum Gasteiger partial charge on any atom is -0.432 e.